The Morgan fingerprint density at radius 1 is 1.10 bits per heavy atom. The molecule has 3 nitrogen and oxygen atoms in total. The van der Waals surface area contributed by atoms with Crippen LogP contribution in [0, 0.1) is 0 Å². The van der Waals surface area contributed by atoms with E-state index in [0.717, 1.165) is 19.6 Å². The van der Waals surface area contributed by atoms with Gasteiger partial charge in [0.05, 0.1) is 6.04 Å². The molecule has 0 spiro atoms. The van der Waals surface area contributed by atoms with Gasteiger partial charge in [-0.15, -0.1) is 0 Å². The van der Waals surface area contributed by atoms with E-state index in [1.54, 1.807) is 0 Å². The van der Waals surface area contributed by atoms with E-state index < -0.39 is 0 Å². The van der Waals surface area contributed by atoms with Gasteiger partial charge in [-0.05, 0) is 43.3 Å². The Morgan fingerprint density at radius 2 is 1.86 bits per heavy atom. The third-order valence-electron chi connectivity index (χ3n) is 3.86. The Hall–Kier alpha value is -1.87. The first-order chi connectivity index (χ1) is 10.2. The van der Waals surface area contributed by atoms with Gasteiger partial charge >= 0.3 is 0 Å². The highest BCUT2D eigenvalue weighted by Crippen LogP contribution is 2.23. The summed E-state index contributed by atoms with van der Waals surface area (Å²) in [6.07, 6.45) is 3.73. The summed E-state index contributed by atoms with van der Waals surface area (Å²) in [5.41, 5.74) is 3.76. The van der Waals surface area contributed by atoms with Gasteiger partial charge in [0, 0.05) is 24.6 Å². The lowest BCUT2D eigenvalue weighted by atomic mass is 10.1. The average Bonchev–Trinajstić information content (AvgIpc) is 2.54. The highest BCUT2D eigenvalue weighted by molar-refractivity contribution is 5.52. The van der Waals surface area contributed by atoms with E-state index in [-0.39, 0.29) is 6.04 Å². The first-order valence-corrected chi connectivity index (χ1v) is 7.71. The lowest BCUT2D eigenvalue weighted by Crippen LogP contribution is -2.23. The van der Waals surface area contributed by atoms with Crippen LogP contribution < -0.4 is 5.32 Å². The molecule has 0 amide bonds. The fourth-order valence-corrected chi connectivity index (χ4v) is 2.44. The van der Waals surface area contributed by atoms with Crippen LogP contribution >= 0.6 is 0 Å². The third kappa shape index (κ3) is 4.30. The molecule has 3 heteroatoms. The van der Waals surface area contributed by atoms with E-state index in [2.05, 4.69) is 66.3 Å². The summed E-state index contributed by atoms with van der Waals surface area (Å²) in [5, 5.41) is 3.61. The second-order valence-corrected chi connectivity index (χ2v) is 5.27. The molecule has 0 aliphatic rings. The molecule has 1 heterocycles. The van der Waals surface area contributed by atoms with Gasteiger partial charge < -0.3 is 5.32 Å². The first-order valence-electron chi connectivity index (χ1n) is 7.71. The molecule has 2 rings (SSSR count). The van der Waals surface area contributed by atoms with Crippen LogP contribution in [0.5, 0.6) is 0 Å². The van der Waals surface area contributed by atoms with Crippen molar-refractivity contribution >= 4 is 5.69 Å². The summed E-state index contributed by atoms with van der Waals surface area (Å²) in [6, 6.07) is 12.9. The number of hydrogen-bond donors (Lipinski definition) is 1. The number of anilines is 1. The van der Waals surface area contributed by atoms with E-state index in [1.165, 1.54) is 16.8 Å². The molecule has 0 fully saturated rings. The topological polar surface area (TPSA) is 28.2 Å². The van der Waals surface area contributed by atoms with Crippen LogP contribution in [0.1, 0.15) is 37.9 Å². The first kappa shape index (κ1) is 15.5. The van der Waals surface area contributed by atoms with Crippen molar-refractivity contribution in [3.63, 3.8) is 0 Å². The second-order valence-electron chi connectivity index (χ2n) is 5.27. The molecule has 1 N–H and O–H groups in total. The highest BCUT2D eigenvalue weighted by atomic mass is 15.1. The normalized spacial score (nSPS) is 12.4. The third-order valence-corrected chi connectivity index (χ3v) is 3.86. The summed E-state index contributed by atoms with van der Waals surface area (Å²) >= 11 is 0. The van der Waals surface area contributed by atoms with Crippen LogP contribution in [0.2, 0.25) is 0 Å². The molecule has 1 aromatic carbocycles. The Kier molecular flexibility index (Phi) is 5.76. The molecule has 1 atom stereocenters. The van der Waals surface area contributed by atoms with Crippen molar-refractivity contribution in [2.24, 2.45) is 0 Å². The fraction of sp³-hybridized carbons (Fsp3) is 0.389. The molecule has 0 radical (unpaired) electrons. The van der Waals surface area contributed by atoms with Crippen LogP contribution in [-0.2, 0) is 6.54 Å². The molecule has 1 aromatic heterocycles. The van der Waals surface area contributed by atoms with Crippen molar-refractivity contribution in [1.29, 1.82) is 0 Å². The van der Waals surface area contributed by atoms with E-state index in [4.69, 9.17) is 0 Å². The summed E-state index contributed by atoms with van der Waals surface area (Å²) in [5.74, 6) is 0. The van der Waals surface area contributed by atoms with Gasteiger partial charge in [0.25, 0.3) is 0 Å². The largest absolute Gasteiger partial charge is 0.378 e. The number of aromatic nitrogens is 1. The van der Waals surface area contributed by atoms with Crippen LogP contribution in [-0.4, -0.2) is 23.0 Å². The highest BCUT2D eigenvalue weighted by Gasteiger charge is 2.10. The predicted octanol–water partition coefficient (Wildman–Crippen LogP) is 4.10. The maximum absolute atomic E-state index is 4.20. The van der Waals surface area contributed by atoms with Crippen molar-refractivity contribution in [2.75, 3.05) is 18.4 Å². The number of nitrogens with one attached hydrogen (secondary N) is 1. The van der Waals surface area contributed by atoms with Gasteiger partial charge in [-0.25, -0.2) is 0 Å². The van der Waals surface area contributed by atoms with E-state index in [9.17, 15) is 0 Å². The minimum Gasteiger partial charge on any atom is -0.378 e. The zero-order chi connectivity index (χ0) is 15.1. The van der Waals surface area contributed by atoms with Crippen LogP contribution in [0.4, 0.5) is 5.69 Å². The summed E-state index contributed by atoms with van der Waals surface area (Å²) < 4.78 is 0. The van der Waals surface area contributed by atoms with Crippen LogP contribution in [0.15, 0.2) is 48.8 Å². The Balaban J connectivity index is 2.13. The molecule has 0 saturated carbocycles. The SMILES string of the molecule is CCN(CC)Cc1ccccc1NC(C)c1cccnc1. The Bertz CT molecular complexity index is 535. The quantitative estimate of drug-likeness (QED) is 0.829. The second kappa shape index (κ2) is 7.79. The van der Waals surface area contributed by atoms with Crippen molar-refractivity contribution in [3.05, 3.63) is 59.9 Å². The Labute approximate surface area is 128 Å². The lowest BCUT2D eigenvalue weighted by Gasteiger charge is -2.22. The number of pyridine rings is 1. The molecular formula is C18H25N3. The number of hydrogen-bond acceptors (Lipinski definition) is 3. The average molecular weight is 283 g/mol. The Morgan fingerprint density at radius 3 is 2.52 bits per heavy atom. The maximum atomic E-state index is 4.20. The van der Waals surface area contributed by atoms with Crippen molar-refractivity contribution in [3.8, 4) is 0 Å². The molecular weight excluding hydrogens is 258 g/mol. The van der Waals surface area contributed by atoms with Gasteiger partial charge in [0.2, 0.25) is 0 Å². The minimum atomic E-state index is 0.247. The predicted molar refractivity (Wildman–Crippen MR) is 89.3 cm³/mol. The monoisotopic (exact) mass is 283 g/mol. The van der Waals surface area contributed by atoms with Crippen molar-refractivity contribution in [1.82, 2.24) is 9.88 Å². The van der Waals surface area contributed by atoms with Crippen molar-refractivity contribution in [2.45, 2.75) is 33.4 Å². The van der Waals surface area contributed by atoms with E-state index in [1.807, 2.05) is 18.5 Å². The lowest BCUT2D eigenvalue weighted by molar-refractivity contribution is 0.296. The van der Waals surface area contributed by atoms with E-state index >= 15 is 0 Å². The number of para-hydroxylation sites is 1. The molecule has 0 saturated heterocycles. The van der Waals surface area contributed by atoms with Crippen LogP contribution in [0.3, 0.4) is 0 Å². The van der Waals surface area contributed by atoms with Gasteiger partial charge in [-0.3, -0.25) is 9.88 Å². The number of rotatable bonds is 7. The molecule has 0 bridgehead atoms. The number of nitrogens with zero attached hydrogens (tertiary/aromatic N) is 2. The van der Waals surface area contributed by atoms with Gasteiger partial charge in [0.15, 0.2) is 0 Å². The minimum absolute atomic E-state index is 0.247. The molecule has 0 aliphatic carbocycles. The fourth-order valence-electron chi connectivity index (χ4n) is 2.44. The van der Waals surface area contributed by atoms with Crippen molar-refractivity contribution < 1.29 is 0 Å². The molecule has 0 aliphatic heterocycles. The number of benzene rings is 1. The molecule has 2 aromatic rings. The summed E-state index contributed by atoms with van der Waals surface area (Å²) in [4.78, 5) is 6.62. The standard InChI is InChI=1S/C18H25N3/c1-4-21(5-2)14-17-9-6-7-11-18(17)20-15(3)16-10-8-12-19-13-16/h6-13,15,20H,4-5,14H2,1-3H3. The molecule has 1 unspecified atom stereocenters. The van der Waals surface area contributed by atoms with Crippen LogP contribution in [0.25, 0.3) is 0 Å². The zero-order valence-electron chi connectivity index (χ0n) is 13.2. The smallest absolute Gasteiger partial charge is 0.0500 e. The molecule has 21 heavy (non-hydrogen) atoms. The van der Waals surface area contributed by atoms with Gasteiger partial charge in [0.1, 0.15) is 0 Å². The zero-order valence-corrected chi connectivity index (χ0v) is 13.2. The summed E-state index contributed by atoms with van der Waals surface area (Å²) in [6.45, 7) is 9.71. The van der Waals surface area contributed by atoms with E-state index in [0.29, 0.717) is 0 Å². The summed E-state index contributed by atoms with van der Waals surface area (Å²) in [7, 11) is 0. The maximum Gasteiger partial charge on any atom is 0.0500 e. The van der Waals surface area contributed by atoms with Gasteiger partial charge in [-0.1, -0.05) is 38.1 Å². The molecule has 112 valence electrons. The van der Waals surface area contributed by atoms with Gasteiger partial charge in [-0.2, -0.15) is 0 Å².